The van der Waals surface area contributed by atoms with Gasteiger partial charge in [0.1, 0.15) is 6.04 Å². The topological polar surface area (TPSA) is 32.3 Å². The van der Waals surface area contributed by atoms with Gasteiger partial charge in [-0.1, -0.05) is 48.5 Å². The van der Waals surface area contributed by atoms with Crippen molar-refractivity contribution < 1.29 is 18.0 Å². The van der Waals surface area contributed by atoms with E-state index in [1.807, 2.05) is 30.3 Å². The number of rotatable bonds is 6. The largest absolute Gasteiger partial charge is 0.416 e. The van der Waals surface area contributed by atoms with Crippen molar-refractivity contribution in [1.29, 1.82) is 0 Å². The summed E-state index contributed by atoms with van der Waals surface area (Å²) in [5.74, 6) is -0.175. The van der Waals surface area contributed by atoms with Gasteiger partial charge in [0.15, 0.2) is 0 Å². The smallest absolute Gasteiger partial charge is 0.352 e. The lowest BCUT2D eigenvalue weighted by Gasteiger charge is -2.28. The Hall–Kier alpha value is -2.34. The fraction of sp³-hybridized carbons (Fsp3) is 0.350. The number of amides is 1. The summed E-state index contributed by atoms with van der Waals surface area (Å²) in [4.78, 5) is 14.4. The third-order valence-corrected chi connectivity index (χ3v) is 4.47. The summed E-state index contributed by atoms with van der Waals surface area (Å²) in [6.07, 6.45) is -2.52. The van der Waals surface area contributed by atoms with Crippen LogP contribution in [0.4, 0.5) is 13.2 Å². The van der Waals surface area contributed by atoms with Crippen LogP contribution in [0.3, 0.4) is 0 Å². The van der Waals surface area contributed by atoms with Crippen LogP contribution in [0.15, 0.2) is 54.6 Å². The van der Waals surface area contributed by atoms with Gasteiger partial charge >= 0.3 is 6.18 Å². The van der Waals surface area contributed by atoms with Gasteiger partial charge in [-0.05, 0) is 37.1 Å². The Morgan fingerprint density at radius 2 is 1.73 bits per heavy atom. The SMILES string of the molecule is CN(Cc1ccccc1C(F)(F)F)[C@H](C(=O)NC1CC1)c1ccccc1. The quantitative estimate of drug-likeness (QED) is 0.837. The van der Waals surface area contributed by atoms with E-state index in [2.05, 4.69) is 5.32 Å². The Balaban J connectivity index is 1.86. The molecule has 26 heavy (non-hydrogen) atoms. The number of carbonyl (C=O) groups excluding carboxylic acids is 1. The van der Waals surface area contributed by atoms with Crippen LogP contribution < -0.4 is 5.32 Å². The molecule has 1 atom stereocenters. The van der Waals surface area contributed by atoms with Crippen LogP contribution in [0, 0.1) is 0 Å². The Kier molecular flexibility index (Phi) is 5.32. The lowest BCUT2D eigenvalue weighted by Crippen LogP contribution is -2.39. The highest BCUT2D eigenvalue weighted by Crippen LogP contribution is 2.33. The maximum Gasteiger partial charge on any atom is 0.416 e. The molecule has 1 amide bonds. The van der Waals surface area contributed by atoms with Gasteiger partial charge < -0.3 is 5.32 Å². The zero-order chi connectivity index (χ0) is 18.7. The predicted molar refractivity (Wildman–Crippen MR) is 93.3 cm³/mol. The number of nitrogens with one attached hydrogen (secondary N) is 1. The number of benzene rings is 2. The van der Waals surface area contributed by atoms with E-state index in [0.717, 1.165) is 24.5 Å². The summed E-state index contributed by atoms with van der Waals surface area (Å²) in [6, 6.07) is 14.2. The Bertz CT molecular complexity index is 757. The maximum absolute atomic E-state index is 13.3. The number of likely N-dealkylation sites (N-methyl/N-ethyl adjacent to an activating group) is 1. The molecule has 1 N–H and O–H groups in total. The second-order valence-corrected chi connectivity index (χ2v) is 6.67. The van der Waals surface area contributed by atoms with Crippen molar-refractivity contribution in [1.82, 2.24) is 10.2 Å². The summed E-state index contributed by atoms with van der Waals surface area (Å²) in [7, 11) is 1.68. The van der Waals surface area contributed by atoms with Crippen LogP contribution in [0.2, 0.25) is 0 Å². The van der Waals surface area contributed by atoms with Crippen molar-refractivity contribution in [3.8, 4) is 0 Å². The van der Waals surface area contributed by atoms with E-state index in [0.29, 0.717) is 0 Å². The van der Waals surface area contributed by atoms with Crippen molar-refractivity contribution in [2.45, 2.75) is 37.6 Å². The molecule has 1 aliphatic rings. The summed E-state index contributed by atoms with van der Waals surface area (Å²) >= 11 is 0. The fourth-order valence-corrected chi connectivity index (χ4v) is 3.04. The normalized spacial score (nSPS) is 15.7. The lowest BCUT2D eigenvalue weighted by molar-refractivity contribution is -0.138. The minimum atomic E-state index is -4.42. The van der Waals surface area contributed by atoms with Crippen LogP contribution in [0.1, 0.15) is 35.6 Å². The number of nitrogens with zero attached hydrogens (tertiary/aromatic N) is 1. The highest BCUT2D eigenvalue weighted by atomic mass is 19.4. The Labute approximate surface area is 150 Å². The van der Waals surface area contributed by atoms with Gasteiger partial charge in [-0.25, -0.2) is 0 Å². The van der Waals surface area contributed by atoms with Gasteiger partial charge in [-0.2, -0.15) is 13.2 Å². The highest BCUT2D eigenvalue weighted by molar-refractivity contribution is 5.83. The molecular formula is C20H21F3N2O. The number of halogens is 3. The molecular weight excluding hydrogens is 341 g/mol. The second kappa shape index (κ2) is 7.50. The first kappa shape index (κ1) is 18.5. The molecule has 0 radical (unpaired) electrons. The van der Waals surface area contributed by atoms with Crippen molar-refractivity contribution in [3.63, 3.8) is 0 Å². The Morgan fingerprint density at radius 1 is 1.12 bits per heavy atom. The van der Waals surface area contributed by atoms with E-state index in [1.165, 1.54) is 12.1 Å². The van der Waals surface area contributed by atoms with E-state index in [4.69, 9.17) is 0 Å². The van der Waals surface area contributed by atoms with Crippen LogP contribution >= 0.6 is 0 Å². The van der Waals surface area contributed by atoms with Crippen LogP contribution in [-0.2, 0) is 17.5 Å². The molecule has 0 aromatic heterocycles. The van der Waals surface area contributed by atoms with Crippen molar-refractivity contribution >= 4 is 5.91 Å². The van der Waals surface area contributed by atoms with Crippen molar-refractivity contribution in [2.75, 3.05) is 7.05 Å². The van der Waals surface area contributed by atoms with Crippen molar-refractivity contribution in [2.24, 2.45) is 0 Å². The first-order valence-electron chi connectivity index (χ1n) is 8.57. The van der Waals surface area contributed by atoms with Gasteiger partial charge in [-0.3, -0.25) is 9.69 Å². The second-order valence-electron chi connectivity index (χ2n) is 6.67. The van der Waals surface area contributed by atoms with E-state index >= 15 is 0 Å². The predicted octanol–water partition coefficient (Wildman–Crippen LogP) is 4.16. The lowest BCUT2D eigenvalue weighted by atomic mass is 10.0. The van der Waals surface area contributed by atoms with Gasteiger partial charge in [0.05, 0.1) is 5.56 Å². The minimum Gasteiger partial charge on any atom is -0.352 e. The molecule has 6 heteroatoms. The molecule has 1 fully saturated rings. The molecule has 3 rings (SSSR count). The van der Waals surface area contributed by atoms with Crippen LogP contribution in [0.25, 0.3) is 0 Å². The molecule has 0 unspecified atom stereocenters. The average molecular weight is 362 g/mol. The van der Waals surface area contributed by atoms with Crippen LogP contribution in [0.5, 0.6) is 0 Å². The molecule has 1 saturated carbocycles. The van der Waals surface area contributed by atoms with Crippen molar-refractivity contribution in [3.05, 3.63) is 71.3 Å². The first-order valence-corrected chi connectivity index (χ1v) is 8.57. The number of hydrogen-bond acceptors (Lipinski definition) is 2. The average Bonchev–Trinajstić information content (AvgIpc) is 3.39. The maximum atomic E-state index is 13.3. The molecule has 3 nitrogen and oxygen atoms in total. The molecule has 2 aromatic carbocycles. The number of carbonyl (C=O) groups is 1. The van der Waals surface area contributed by atoms with E-state index < -0.39 is 17.8 Å². The molecule has 2 aromatic rings. The summed E-state index contributed by atoms with van der Waals surface area (Å²) < 4.78 is 39.8. The molecule has 138 valence electrons. The highest BCUT2D eigenvalue weighted by Gasteiger charge is 2.35. The van der Waals surface area contributed by atoms with Gasteiger partial charge in [-0.15, -0.1) is 0 Å². The standard InChI is InChI=1S/C20H21F3N2O/c1-25(13-15-9-5-6-10-17(15)20(21,22)23)18(14-7-3-2-4-8-14)19(26)24-16-11-12-16/h2-10,16,18H,11-13H2,1H3,(H,24,26)/t18-/m0/s1. The zero-order valence-electron chi connectivity index (χ0n) is 14.5. The summed E-state index contributed by atoms with van der Waals surface area (Å²) in [5, 5.41) is 2.96. The Morgan fingerprint density at radius 3 is 2.35 bits per heavy atom. The zero-order valence-corrected chi connectivity index (χ0v) is 14.5. The fourth-order valence-electron chi connectivity index (χ4n) is 3.04. The van der Waals surface area contributed by atoms with Gasteiger partial charge in [0, 0.05) is 12.6 Å². The minimum absolute atomic E-state index is 0.0212. The summed E-state index contributed by atoms with van der Waals surface area (Å²) in [5.41, 5.74) is 0.251. The first-order chi connectivity index (χ1) is 12.4. The molecule has 0 heterocycles. The molecule has 0 aliphatic heterocycles. The molecule has 0 spiro atoms. The van der Waals surface area contributed by atoms with Crippen LogP contribution in [-0.4, -0.2) is 23.9 Å². The van der Waals surface area contributed by atoms with E-state index in [9.17, 15) is 18.0 Å². The van der Waals surface area contributed by atoms with E-state index in [-0.39, 0.29) is 24.1 Å². The molecule has 0 bridgehead atoms. The molecule has 1 aliphatic carbocycles. The third kappa shape index (κ3) is 4.43. The number of hydrogen-bond donors (Lipinski definition) is 1. The summed E-state index contributed by atoms with van der Waals surface area (Å²) in [6.45, 7) is 0.0212. The molecule has 0 saturated heterocycles. The van der Waals surface area contributed by atoms with Gasteiger partial charge in [0.25, 0.3) is 0 Å². The van der Waals surface area contributed by atoms with E-state index in [1.54, 1.807) is 18.0 Å². The number of alkyl halides is 3. The monoisotopic (exact) mass is 362 g/mol. The third-order valence-electron chi connectivity index (χ3n) is 4.47. The van der Waals surface area contributed by atoms with Gasteiger partial charge in [0.2, 0.25) is 5.91 Å².